The summed E-state index contributed by atoms with van der Waals surface area (Å²) in [7, 11) is 1.27. The van der Waals surface area contributed by atoms with Crippen molar-refractivity contribution in [2.75, 3.05) is 19.0 Å². The molecule has 9 heteroatoms. The van der Waals surface area contributed by atoms with Crippen LogP contribution in [0.3, 0.4) is 0 Å². The highest BCUT2D eigenvalue weighted by atomic mass is 16.6. The zero-order valence-corrected chi connectivity index (χ0v) is 18.8. The molecule has 0 aliphatic heterocycles. The SMILES string of the molecule is CCCOc1cc(C(=O)OC)ccc1NC(=O)c1ccc([N+](=O)[O-])c(OCc2ccccc2)c1. The van der Waals surface area contributed by atoms with Crippen molar-refractivity contribution >= 4 is 23.3 Å². The van der Waals surface area contributed by atoms with Gasteiger partial charge in [-0.25, -0.2) is 4.79 Å². The van der Waals surface area contributed by atoms with Crippen LogP contribution in [0.25, 0.3) is 0 Å². The Labute approximate surface area is 196 Å². The summed E-state index contributed by atoms with van der Waals surface area (Å²) in [6.45, 7) is 2.41. The summed E-state index contributed by atoms with van der Waals surface area (Å²) >= 11 is 0. The zero-order valence-electron chi connectivity index (χ0n) is 18.8. The molecule has 34 heavy (non-hydrogen) atoms. The lowest BCUT2D eigenvalue weighted by Gasteiger charge is -2.14. The summed E-state index contributed by atoms with van der Waals surface area (Å²) in [4.78, 5) is 35.7. The van der Waals surface area contributed by atoms with Crippen LogP contribution >= 0.6 is 0 Å². The number of esters is 1. The first-order valence-electron chi connectivity index (χ1n) is 10.5. The van der Waals surface area contributed by atoms with Crippen molar-refractivity contribution in [2.24, 2.45) is 0 Å². The topological polar surface area (TPSA) is 117 Å². The monoisotopic (exact) mass is 464 g/mol. The highest BCUT2D eigenvalue weighted by Crippen LogP contribution is 2.31. The van der Waals surface area contributed by atoms with Gasteiger partial charge in [0.1, 0.15) is 12.4 Å². The van der Waals surface area contributed by atoms with Crippen LogP contribution in [-0.2, 0) is 11.3 Å². The van der Waals surface area contributed by atoms with Crippen molar-refractivity contribution in [2.45, 2.75) is 20.0 Å². The van der Waals surface area contributed by atoms with E-state index in [0.29, 0.717) is 18.0 Å². The maximum atomic E-state index is 12.9. The molecule has 3 aromatic carbocycles. The van der Waals surface area contributed by atoms with Crippen molar-refractivity contribution in [1.82, 2.24) is 0 Å². The third-order valence-electron chi connectivity index (χ3n) is 4.77. The number of benzene rings is 3. The van der Waals surface area contributed by atoms with Crippen LogP contribution in [0.4, 0.5) is 11.4 Å². The molecule has 0 aliphatic carbocycles. The van der Waals surface area contributed by atoms with Crippen molar-refractivity contribution in [3.05, 3.63) is 93.5 Å². The van der Waals surface area contributed by atoms with Gasteiger partial charge in [0.25, 0.3) is 5.91 Å². The number of carbonyl (C=O) groups is 2. The van der Waals surface area contributed by atoms with Crippen LogP contribution in [-0.4, -0.2) is 30.5 Å². The molecule has 1 amide bonds. The number of ether oxygens (including phenoxy) is 3. The number of nitro groups is 1. The second kappa shape index (κ2) is 11.5. The number of nitro benzene ring substituents is 1. The lowest BCUT2D eigenvalue weighted by Crippen LogP contribution is -2.14. The molecule has 1 N–H and O–H groups in total. The maximum absolute atomic E-state index is 12.9. The molecular weight excluding hydrogens is 440 g/mol. The number of anilines is 1. The Morgan fingerprint density at radius 1 is 0.941 bits per heavy atom. The molecule has 0 unspecified atom stereocenters. The van der Waals surface area contributed by atoms with Gasteiger partial charge in [-0.3, -0.25) is 14.9 Å². The molecule has 176 valence electrons. The first kappa shape index (κ1) is 24.2. The molecule has 0 aliphatic rings. The van der Waals surface area contributed by atoms with Gasteiger partial charge in [-0.1, -0.05) is 37.3 Å². The molecule has 0 aromatic heterocycles. The molecule has 0 saturated carbocycles. The fourth-order valence-electron chi connectivity index (χ4n) is 3.05. The van der Waals surface area contributed by atoms with Gasteiger partial charge in [0.05, 0.1) is 29.9 Å². The number of hydrogen-bond acceptors (Lipinski definition) is 7. The quantitative estimate of drug-likeness (QED) is 0.255. The van der Waals surface area contributed by atoms with E-state index in [-0.39, 0.29) is 29.2 Å². The highest BCUT2D eigenvalue weighted by Gasteiger charge is 2.20. The molecule has 0 bridgehead atoms. The number of rotatable bonds is 10. The van der Waals surface area contributed by atoms with E-state index in [9.17, 15) is 19.7 Å². The normalized spacial score (nSPS) is 10.3. The predicted octanol–water partition coefficient (Wildman–Crippen LogP) is 5.00. The van der Waals surface area contributed by atoms with E-state index in [4.69, 9.17) is 14.2 Å². The molecule has 0 fully saturated rings. The number of carbonyl (C=O) groups excluding carboxylic acids is 2. The fraction of sp³-hybridized carbons (Fsp3) is 0.200. The minimum absolute atomic E-state index is 0.0231. The largest absolute Gasteiger partial charge is 0.491 e. The fourth-order valence-corrected chi connectivity index (χ4v) is 3.05. The Kier molecular flexibility index (Phi) is 8.17. The van der Waals surface area contributed by atoms with Crippen LogP contribution in [0.5, 0.6) is 11.5 Å². The van der Waals surface area contributed by atoms with Gasteiger partial charge in [-0.2, -0.15) is 0 Å². The predicted molar refractivity (Wildman–Crippen MR) is 125 cm³/mol. The summed E-state index contributed by atoms with van der Waals surface area (Å²) in [6.07, 6.45) is 0.723. The minimum atomic E-state index is -0.565. The van der Waals surface area contributed by atoms with Gasteiger partial charge in [0.2, 0.25) is 0 Å². The van der Waals surface area contributed by atoms with Crippen LogP contribution in [0.15, 0.2) is 66.7 Å². The molecule has 0 atom stereocenters. The molecule has 9 nitrogen and oxygen atoms in total. The molecule has 3 rings (SSSR count). The maximum Gasteiger partial charge on any atom is 0.337 e. The van der Waals surface area contributed by atoms with Gasteiger partial charge in [-0.05, 0) is 36.2 Å². The molecule has 0 radical (unpaired) electrons. The summed E-state index contributed by atoms with van der Waals surface area (Å²) in [5.41, 5.74) is 1.36. The van der Waals surface area contributed by atoms with Crippen LogP contribution in [0, 0.1) is 10.1 Å². The summed E-state index contributed by atoms with van der Waals surface area (Å²) in [5, 5.41) is 14.2. The van der Waals surface area contributed by atoms with Gasteiger partial charge in [0.15, 0.2) is 5.75 Å². The first-order chi connectivity index (χ1) is 16.4. The van der Waals surface area contributed by atoms with Crippen molar-refractivity contribution in [3.63, 3.8) is 0 Å². The van der Waals surface area contributed by atoms with Gasteiger partial charge in [0, 0.05) is 17.7 Å². The molecule has 0 saturated heterocycles. The minimum Gasteiger partial charge on any atom is -0.491 e. The second-order valence-electron chi connectivity index (χ2n) is 7.22. The third-order valence-corrected chi connectivity index (χ3v) is 4.77. The van der Waals surface area contributed by atoms with E-state index in [1.807, 2.05) is 37.3 Å². The Hall–Kier alpha value is -4.40. The van der Waals surface area contributed by atoms with E-state index in [0.717, 1.165) is 12.0 Å². The Balaban J connectivity index is 1.85. The number of nitrogens with one attached hydrogen (secondary N) is 1. The third kappa shape index (κ3) is 6.10. The average molecular weight is 464 g/mol. The van der Waals surface area contributed by atoms with Gasteiger partial charge >= 0.3 is 11.7 Å². The van der Waals surface area contributed by atoms with Crippen LogP contribution < -0.4 is 14.8 Å². The van der Waals surface area contributed by atoms with Gasteiger partial charge < -0.3 is 19.5 Å². The van der Waals surface area contributed by atoms with E-state index < -0.39 is 16.8 Å². The van der Waals surface area contributed by atoms with Gasteiger partial charge in [-0.15, -0.1) is 0 Å². The lowest BCUT2D eigenvalue weighted by atomic mass is 10.1. The Morgan fingerprint density at radius 3 is 2.32 bits per heavy atom. The molecular formula is C25H24N2O7. The summed E-state index contributed by atoms with van der Waals surface area (Å²) in [6, 6.07) is 17.6. The van der Waals surface area contributed by atoms with E-state index >= 15 is 0 Å². The number of methoxy groups -OCH3 is 1. The number of amides is 1. The molecule has 0 spiro atoms. The van der Waals surface area contributed by atoms with Crippen molar-refractivity contribution in [1.29, 1.82) is 0 Å². The van der Waals surface area contributed by atoms with Crippen LogP contribution in [0.1, 0.15) is 39.6 Å². The zero-order chi connectivity index (χ0) is 24.5. The second-order valence-corrected chi connectivity index (χ2v) is 7.22. The highest BCUT2D eigenvalue weighted by molar-refractivity contribution is 6.06. The standard InChI is InChI=1S/C25H24N2O7/c1-3-13-33-22-15-19(25(29)32-2)9-11-20(22)26-24(28)18-10-12-21(27(30)31)23(14-18)34-16-17-7-5-4-6-8-17/h4-12,14-15H,3,13,16H2,1-2H3,(H,26,28). The summed E-state index contributed by atoms with van der Waals surface area (Å²) in [5.74, 6) is -0.771. The van der Waals surface area contributed by atoms with Crippen molar-refractivity contribution < 1.29 is 28.7 Å². The van der Waals surface area contributed by atoms with E-state index in [1.165, 1.54) is 43.5 Å². The average Bonchev–Trinajstić information content (AvgIpc) is 2.86. The lowest BCUT2D eigenvalue weighted by molar-refractivity contribution is -0.385. The van der Waals surface area contributed by atoms with Crippen molar-refractivity contribution in [3.8, 4) is 11.5 Å². The molecule has 3 aromatic rings. The number of nitrogens with zero attached hydrogens (tertiary/aromatic N) is 1. The Morgan fingerprint density at radius 2 is 1.65 bits per heavy atom. The van der Waals surface area contributed by atoms with E-state index in [2.05, 4.69) is 5.32 Å². The van der Waals surface area contributed by atoms with E-state index in [1.54, 1.807) is 0 Å². The smallest absolute Gasteiger partial charge is 0.337 e. The number of hydrogen-bond donors (Lipinski definition) is 1. The van der Waals surface area contributed by atoms with Crippen LogP contribution in [0.2, 0.25) is 0 Å². The molecule has 0 heterocycles. The summed E-state index contributed by atoms with van der Waals surface area (Å²) < 4.78 is 16.1. The first-order valence-corrected chi connectivity index (χ1v) is 10.5. The Bertz CT molecular complexity index is 1180.